The second kappa shape index (κ2) is 6.36. The number of hydrogen-bond acceptors (Lipinski definition) is 2. The van der Waals surface area contributed by atoms with Crippen LogP contribution < -0.4 is 5.32 Å². The van der Waals surface area contributed by atoms with Gasteiger partial charge in [-0.2, -0.15) is 5.10 Å². The maximum Gasteiger partial charge on any atom is 0.0596 e. The molecule has 0 aliphatic carbocycles. The van der Waals surface area contributed by atoms with Crippen molar-refractivity contribution in [2.24, 2.45) is 0 Å². The van der Waals surface area contributed by atoms with E-state index in [9.17, 15) is 0 Å². The highest BCUT2D eigenvalue weighted by Crippen LogP contribution is 2.02. The lowest BCUT2D eigenvalue weighted by molar-refractivity contribution is 0.532. The van der Waals surface area contributed by atoms with Crippen molar-refractivity contribution in [1.82, 2.24) is 15.1 Å². The summed E-state index contributed by atoms with van der Waals surface area (Å²) >= 11 is 0. The summed E-state index contributed by atoms with van der Waals surface area (Å²) < 4.78 is 2.08. The van der Waals surface area contributed by atoms with Crippen LogP contribution in [0.1, 0.15) is 23.4 Å². The topological polar surface area (TPSA) is 29.9 Å². The number of nitrogens with zero attached hydrogens (tertiary/aromatic N) is 2. The van der Waals surface area contributed by atoms with Crippen molar-refractivity contribution in [3.63, 3.8) is 0 Å². The maximum absolute atomic E-state index is 4.45. The SMILES string of the molecule is Cc1cc(C)n(CCCNCc2ccccc2)n1. The standard InChI is InChI=1S/C15H21N3/c1-13-11-14(2)18(17-13)10-6-9-16-12-15-7-4-3-5-8-15/h3-5,7-8,11,16H,6,9-10,12H2,1-2H3. The number of rotatable bonds is 6. The van der Waals surface area contributed by atoms with E-state index in [0.717, 1.165) is 31.7 Å². The molecule has 0 saturated carbocycles. The van der Waals surface area contributed by atoms with Gasteiger partial charge in [-0.15, -0.1) is 0 Å². The van der Waals surface area contributed by atoms with Gasteiger partial charge in [-0.1, -0.05) is 30.3 Å². The molecular weight excluding hydrogens is 222 g/mol. The summed E-state index contributed by atoms with van der Waals surface area (Å²) in [5, 5.41) is 7.91. The van der Waals surface area contributed by atoms with Crippen molar-refractivity contribution in [2.75, 3.05) is 6.54 Å². The molecule has 2 rings (SSSR count). The van der Waals surface area contributed by atoms with E-state index in [-0.39, 0.29) is 0 Å². The molecule has 0 bridgehead atoms. The Morgan fingerprint density at radius 3 is 2.61 bits per heavy atom. The van der Waals surface area contributed by atoms with E-state index in [1.807, 2.05) is 13.0 Å². The van der Waals surface area contributed by atoms with Crippen molar-refractivity contribution >= 4 is 0 Å². The fraction of sp³-hybridized carbons (Fsp3) is 0.400. The maximum atomic E-state index is 4.45. The molecule has 1 aromatic heterocycles. The minimum absolute atomic E-state index is 0.942. The van der Waals surface area contributed by atoms with Crippen molar-refractivity contribution in [2.45, 2.75) is 33.4 Å². The van der Waals surface area contributed by atoms with Gasteiger partial charge in [0, 0.05) is 18.8 Å². The predicted molar refractivity (Wildman–Crippen MR) is 74.5 cm³/mol. The smallest absolute Gasteiger partial charge is 0.0596 e. The number of aromatic nitrogens is 2. The van der Waals surface area contributed by atoms with Crippen molar-refractivity contribution in [1.29, 1.82) is 0 Å². The lowest BCUT2D eigenvalue weighted by Crippen LogP contribution is -2.17. The Hall–Kier alpha value is -1.61. The predicted octanol–water partition coefficient (Wildman–Crippen LogP) is 2.68. The molecule has 18 heavy (non-hydrogen) atoms. The Labute approximate surface area is 109 Å². The summed E-state index contributed by atoms with van der Waals surface area (Å²) in [5.41, 5.74) is 3.68. The summed E-state index contributed by atoms with van der Waals surface area (Å²) in [6.45, 7) is 7.10. The van der Waals surface area contributed by atoms with Crippen molar-refractivity contribution in [3.8, 4) is 0 Å². The zero-order chi connectivity index (χ0) is 12.8. The van der Waals surface area contributed by atoms with Gasteiger partial charge in [0.05, 0.1) is 5.69 Å². The third-order valence-electron chi connectivity index (χ3n) is 3.00. The van der Waals surface area contributed by atoms with Gasteiger partial charge in [0.25, 0.3) is 0 Å². The Kier molecular flexibility index (Phi) is 4.53. The molecule has 0 amide bonds. The fourth-order valence-corrected chi connectivity index (χ4v) is 2.08. The van der Waals surface area contributed by atoms with Gasteiger partial charge >= 0.3 is 0 Å². The first-order valence-electron chi connectivity index (χ1n) is 6.51. The minimum Gasteiger partial charge on any atom is -0.313 e. The fourth-order valence-electron chi connectivity index (χ4n) is 2.08. The Balaban J connectivity index is 1.66. The largest absolute Gasteiger partial charge is 0.313 e. The third-order valence-corrected chi connectivity index (χ3v) is 3.00. The Bertz CT molecular complexity index is 474. The van der Waals surface area contributed by atoms with Crippen molar-refractivity contribution in [3.05, 3.63) is 53.3 Å². The molecule has 0 radical (unpaired) electrons. The highest BCUT2D eigenvalue weighted by Gasteiger charge is 1.99. The van der Waals surface area contributed by atoms with Gasteiger partial charge < -0.3 is 5.32 Å². The third kappa shape index (κ3) is 3.70. The van der Waals surface area contributed by atoms with Gasteiger partial charge in [0.1, 0.15) is 0 Å². The Morgan fingerprint density at radius 2 is 1.94 bits per heavy atom. The monoisotopic (exact) mass is 243 g/mol. The molecule has 1 aromatic carbocycles. The van der Waals surface area contributed by atoms with E-state index in [4.69, 9.17) is 0 Å². The molecule has 0 atom stereocenters. The number of aryl methyl sites for hydroxylation is 3. The second-order valence-electron chi connectivity index (χ2n) is 4.67. The van der Waals surface area contributed by atoms with Gasteiger partial charge in [-0.25, -0.2) is 0 Å². The number of benzene rings is 1. The van der Waals surface area contributed by atoms with Crippen molar-refractivity contribution < 1.29 is 0 Å². The zero-order valence-electron chi connectivity index (χ0n) is 11.2. The van der Waals surface area contributed by atoms with Gasteiger partial charge in [-0.3, -0.25) is 4.68 Å². The summed E-state index contributed by atoms with van der Waals surface area (Å²) in [5.74, 6) is 0. The van der Waals surface area contributed by atoms with Gasteiger partial charge in [-0.05, 0) is 38.4 Å². The molecule has 0 fully saturated rings. The van der Waals surface area contributed by atoms with E-state index in [2.05, 4.69) is 52.4 Å². The second-order valence-corrected chi connectivity index (χ2v) is 4.67. The van der Waals surface area contributed by atoms with Crippen LogP contribution in [-0.4, -0.2) is 16.3 Å². The quantitative estimate of drug-likeness (QED) is 0.791. The molecule has 1 heterocycles. The molecular formula is C15H21N3. The summed E-state index contributed by atoms with van der Waals surface area (Å²) in [6.07, 6.45) is 1.11. The van der Waals surface area contributed by atoms with E-state index in [1.54, 1.807) is 0 Å². The average Bonchev–Trinajstić information content (AvgIpc) is 2.69. The van der Waals surface area contributed by atoms with E-state index < -0.39 is 0 Å². The van der Waals surface area contributed by atoms with Crippen LogP contribution >= 0.6 is 0 Å². The van der Waals surface area contributed by atoms with Crippen LogP contribution in [0.15, 0.2) is 36.4 Å². The highest BCUT2D eigenvalue weighted by molar-refractivity contribution is 5.14. The molecule has 0 unspecified atom stereocenters. The normalized spacial score (nSPS) is 10.8. The summed E-state index contributed by atoms with van der Waals surface area (Å²) in [6, 6.07) is 12.6. The minimum atomic E-state index is 0.942. The molecule has 0 spiro atoms. The lowest BCUT2D eigenvalue weighted by Gasteiger charge is -2.06. The van der Waals surface area contributed by atoms with Crippen LogP contribution in [0.2, 0.25) is 0 Å². The molecule has 0 saturated heterocycles. The van der Waals surface area contributed by atoms with Crippen LogP contribution in [0.5, 0.6) is 0 Å². The van der Waals surface area contributed by atoms with Gasteiger partial charge in [0.15, 0.2) is 0 Å². The first kappa shape index (κ1) is 12.8. The number of hydrogen-bond donors (Lipinski definition) is 1. The Morgan fingerprint density at radius 1 is 1.17 bits per heavy atom. The van der Waals surface area contributed by atoms with E-state index in [1.165, 1.54) is 11.3 Å². The molecule has 3 heteroatoms. The summed E-state index contributed by atoms with van der Waals surface area (Å²) in [4.78, 5) is 0. The molecule has 0 aliphatic heterocycles. The van der Waals surface area contributed by atoms with Crippen LogP contribution in [0.4, 0.5) is 0 Å². The van der Waals surface area contributed by atoms with Crippen LogP contribution in [-0.2, 0) is 13.1 Å². The van der Waals surface area contributed by atoms with E-state index in [0.29, 0.717) is 0 Å². The average molecular weight is 243 g/mol. The van der Waals surface area contributed by atoms with Gasteiger partial charge in [0.2, 0.25) is 0 Å². The lowest BCUT2D eigenvalue weighted by atomic mass is 10.2. The molecule has 96 valence electrons. The number of nitrogens with one attached hydrogen (secondary N) is 1. The van der Waals surface area contributed by atoms with Crippen LogP contribution in [0.25, 0.3) is 0 Å². The zero-order valence-corrected chi connectivity index (χ0v) is 11.2. The highest BCUT2D eigenvalue weighted by atomic mass is 15.3. The summed E-state index contributed by atoms with van der Waals surface area (Å²) in [7, 11) is 0. The molecule has 3 nitrogen and oxygen atoms in total. The first-order valence-corrected chi connectivity index (χ1v) is 6.51. The van der Waals surface area contributed by atoms with Crippen LogP contribution in [0, 0.1) is 13.8 Å². The van der Waals surface area contributed by atoms with Crippen LogP contribution in [0.3, 0.4) is 0 Å². The molecule has 2 aromatic rings. The molecule has 0 aliphatic rings. The first-order chi connectivity index (χ1) is 8.75. The molecule has 1 N–H and O–H groups in total. The van der Waals surface area contributed by atoms with E-state index >= 15 is 0 Å².